The highest BCUT2D eigenvalue weighted by Gasteiger charge is 2.24. The van der Waals surface area contributed by atoms with Gasteiger partial charge in [-0.15, -0.1) is 0 Å². The number of rotatable bonds is 5. The van der Waals surface area contributed by atoms with Gasteiger partial charge in [0.05, 0.1) is 17.1 Å². The average Bonchev–Trinajstić information content (AvgIpc) is 3.13. The summed E-state index contributed by atoms with van der Waals surface area (Å²) in [5.74, 6) is 0. The molecule has 0 spiro atoms. The highest BCUT2D eigenvalue weighted by molar-refractivity contribution is 7.89. The molecule has 4 aromatic rings. The van der Waals surface area contributed by atoms with Crippen molar-refractivity contribution in [3.8, 4) is 28.2 Å². The number of nitrogens with two attached hydrogens (primary N) is 1. The monoisotopic (exact) mass is 471 g/mol. The molecule has 31 heavy (non-hydrogen) atoms. The first-order valence-electron chi connectivity index (χ1n) is 9.55. The summed E-state index contributed by atoms with van der Waals surface area (Å²) in [6.07, 6.45) is 0.674. The predicted molar refractivity (Wildman–Crippen MR) is 125 cm³/mol. The van der Waals surface area contributed by atoms with Crippen LogP contribution in [-0.2, 0) is 16.4 Å². The number of nitrogens with zero attached hydrogens (tertiary/aromatic N) is 2. The fourth-order valence-electron chi connectivity index (χ4n) is 3.58. The largest absolute Gasteiger partial charge is 0.240 e. The molecule has 0 bridgehead atoms. The Morgan fingerprint density at radius 1 is 0.871 bits per heavy atom. The molecule has 0 saturated carbocycles. The first-order valence-corrected chi connectivity index (χ1v) is 11.9. The van der Waals surface area contributed by atoms with E-state index in [0.717, 1.165) is 28.1 Å². The van der Waals surface area contributed by atoms with Crippen LogP contribution in [0.25, 0.3) is 28.2 Å². The molecule has 0 aliphatic carbocycles. The lowest BCUT2D eigenvalue weighted by Crippen LogP contribution is -2.16. The zero-order valence-corrected chi connectivity index (χ0v) is 18.9. The van der Waals surface area contributed by atoms with Crippen LogP contribution in [0.1, 0.15) is 12.5 Å². The molecule has 3 aromatic carbocycles. The van der Waals surface area contributed by atoms with Crippen LogP contribution in [-0.4, -0.2) is 18.2 Å². The lowest BCUT2D eigenvalue weighted by atomic mass is 10.00. The Morgan fingerprint density at radius 3 is 1.97 bits per heavy atom. The molecule has 0 atom stereocenters. The van der Waals surface area contributed by atoms with E-state index in [1.165, 1.54) is 6.07 Å². The molecule has 2 N–H and O–H groups in total. The van der Waals surface area contributed by atoms with Crippen LogP contribution in [0.2, 0.25) is 10.0 Å². The molecule has 0 radical (unpaired) electrons. The Kier molecular flexibility index (Phi) is 5.90. The second kappa shape index (κ2) is 8.48. The smallest absolute Gasteiger partial charge is 0.231 e. The van der Waals surface area contributed by atoms with Gasteiger partial charge in [0.25, 0.3) is 0 Å². The van der Waals surface area contributed by atoms with Crippen molar-refractivity contribution in [3.63, 3.8) is 0 Å². The number of benzene rings is 3. The number of hydrogen-bond donors (Lipinski definition) is 1. The van der Waals surface area contributed by atoms with E-state index in [1.54, 1.807) is 47.1 Å². The summed E-state index contributed by atoms with van der Waals surface area (Å²) in [4.78, 5) is -0.00183. The highest BCUT2D eigenvalue weighted by Crippen LogP contribution is 2.36. The van der Waals surface area contributed by atoms with Gasteiger partial charge in [0.15, 0.2) is 0 Å². The third kappa shape index (κ3) is 4.25. The van der Waals surface area contributed by atoms with Crippen LogP contribution in [0.3, 0.4) is 0 Å². The second-order valence-electron chi connectivity index (χ2n) is 6.97. The molecule has 0 saturated heterocycles. The van der Waals surface area contributed by atoms with Gasteiger partial charge < -0.3 is 0 Å². The van der Waals surface area contributed by atoms with Crippen molar-refractivity contribution in [3.05, 3.63) is 88.4 Å². The molecular formula is C23H19Cl2N3O2S. The van der Waals surface area contributed by atoms with Crippen molar-refractivity contribution in [1.82, 2.24) is 9.78 Å². The maximum Gasteiger partial charge on any atom is 0.240 e. The molecule has 4 rings (SSSR count). The molecule has 158 valence electrons. The fraction of sp³-hybridized carbons (Fsp3) is 0.0870. The number of sulfonamides is 1. The standard InChI is InChI=1S/C23H19Cl2N3O2S/c1-2-19-22(15-7-11-17(24)12-8-15)27-28(23(19)16-9-13-18(25)14-10-16)20-5-3-4-6-21(20)31(26,29)30/h3-14H,2H2,1H3,(H2,26,29,30). The first kappa shape index (κ1) is 21.6. The maximum absolute atomic E-state index is 12.3. The van der Waals surface area contributed by atoms with Gasteiger partial charge in [0.1, 0.15) is 4.90 Å². The van der Waals surface area contributed by atoms with Crippen molar-refractivity contribution >= 4 is 33.2 Å². The summed E-state index contributed by atoms with van der Waals surface area (Å²) in [6.45, 7) is 2.03. The van der Waals surface area contributed by atoms with Crippen LogP contribution < -0.4 is 5.14 Å². The Hall–Kier alpha value is -2.64. The van der Waals surface area contributed by atoms with Gasteiger partial charge in [-0.3, -0.25) is 0 Å². The minimum Gasteiger partial charge on any atom is -0.231 e. The maximum atomic E-state index is 12.3. The van der Waals surface area contributed by atoms with Gasteiger partial charge in [-0.05, 0) is 42.8 Å². The third-order valence-electron chi connectivity index (χ3n) is 4.97. The summed E-state index contributed by atoms with van der Waals surface area (Å²) in [5.41, 5.74) is 4.61. The van der Waals surface area contributed by atoms with Gasteiger partial charge in [-0.25, -0.2) is 18.2 Å². The Bertz CT molecular complexity index is 1350. The van der Waals surface area contributed by atoms with Crippen LogP contribution in [0.15, 0.2) is 77.7 Å². The first-order chi connectivity index (χ1) is 14.8. The molecule has 1 aromatic heterocycles. The van der Waals surface area contributed by atoms with Gasteiger partial charge in [-0.2, -0.15) is 5.10 Å². The molecule has 1 heterocycles. The summed E-state index contributed by atoms with van der Waals surface area (Å²) >= 11 is 12.2. The molecule has 0 aliphatic heterocycles. The lowest BCUT2D eigenvalue weighted by molar-refractivity contribution is 0.596. The Morgan fingerprint density at radius 2 is 1.42 bits per heavy atom. The predicted octanol–water partition coefficient (Wildman–Crippen LogP) is 5.72. The zero-order chi connectivity index (χ0) is 22.2. The number of para-hydroxylation sites is 1. The molecule has 0 amide bonds. The van der Waals surface area contributed by atoms with E-state index < -0.39 is 10.0 Å². The zero-order valence-electron chi connectivity index (χ0n) is 16.6. The normalized spacial score (nSPS) is 11.6. The van der Waals surface area contributed by atoms with Crippen molar-refractivity contribution in [1.29, 1.82) is 0 Å². The van der Waals surface area contributed by atoms with Crippen LogP contribution >= 0.6 is 23.2 Å². The number of primary sulfonamides is 1. The molecule has 0 fully saturated rings. The summed E-state index contributed by atoms with van der Waals surface area (Å²) in [6, 6.07) is 21.3. The topological polar surface area (TPSA) is 78.0 Å². The van der Waals surface area contributed by atoms with Crippen molar-refractivity contribution < 1.29 is 8.42 Å². The van der Waals surface area contributed by atoms with Crippen molar-refractivity contribution in [2.75, 3.05) is 0 Å². The molecule has 0 aliphatic rings. The minimum atomic E-state index is -3.97. The minimum absolute atomic E-state index is 0.00183. The lowest BCUT2D eigenvalue weighted by Gasteiger charge is -2.12. The third-order valence-corrected chi connectivity index (χ3v) is 6.43. The van der Waals surface area contributed by atoms with E-state index in [0.29, 0.717) is 22.2 Å². The fourth-order valence-corrected chi connectivity index (χ4v) is 4.54. The van der Waals surface area contributed by atoms with E-state index in [-0.39, 0.29) is 4.90 Å². The number of hydrogen-bond acceptors (Lipinski definition) is 3. The summed E-state index contributed by atoms with van der Waals surface area (Å²) in [7, 11) is -3.97. The van der Waals surface area contributed by atoms with E-state index in [4.69, 9.17) is 33.4 Å². The van der Waals surface area contributed by atoms with E-state index in [1.807, 2.05) is 31.2 Å². The van der Waals surface area contributed by atoms with Gasteiger partial charge in [0.2, 0.25) is 10.0 Å². The van der Waals surface area contributed by atoms with E-state index >= 15 is 0 Å². The number of halogens is 2. The van der Waals surface area contributed by atoms with Gasteiger partial charge in [-0.1, -0.05) is 66.5 Å². The molecule has 5 nitrogen and oxygen atoms in total. The molecule has 0 unspecified atom stereocenters. The SMILES string of the molecule is CCc1c(-c2ccc(Cl)cc2)nn(-c2ccccc2S(N)(=O)=O)c1-c1ccc(Cl)cc1. The van der Waals surface area contributed by atoms with Gasteiger partial charge in [0, 0.05) is 26.7 Å². The molecule has 8 heteroatoms. The highest BCUT2D eigenvalue weighted by atomic mass is 35.5. The number of aromatic nitrogens is 2. The quantitative estimate of drug-likeness (QED) is 0.403. The molecular weight excluding hydrogens is 453 g/mol. The van der Waals surface area contributed by atoms with Crippen LogP contribution in [0, 0.1) is 0 Å². The van der Waals surface area contributed by atoms with E-state index in [2.05, 4.69) is 0 Å². The van der Waals surface area contributed by atoms with Crippen molar-refractivity contribution in [2.45, 2.75) is 18.2 Å². The Labute approximate surface area is 191 Å². The van der Waals surface area contributed by atoms with Gasteiger partial charge >= 0.3 is 0 Å². The van der Waals surface area contributed by atoms with E-state index in [9.17, 15) is 8.42 Å². The van der Waals surface area contributed by atoms with Crippen LogP contribution in [0.5, 0.6) is 0 Å². The Balaban J connectivity index is 2.08. The average molecular weight is 472 g/mol. The van der Waals surface area contributed by atoms with Crippen molar-refractivity contribution in [2.24, 2.45) is 5.14 Å². The summed E-state index contributed by atoms with van der Waals surface area (Å²) in [5, 5.41) is 11.6. The van der Waals surface area contributed by atoms with Crippen LogP contribution in [0.4, 0.5) is 0 Å². The summed E-state index contributed by atoms with van der Waals surface area (Å²) < 4.78 is 26.2. The second-order valence-corrected chi connectivity index (χ2v) is 9.37.